The van der Waals surface area contributed by atoms with Crippen molar-refractivity contribution in [3.63, 3.8) is 0 Å². The maximum atomic E-state index is 10.6. The molecule has 0 aromatic rings. The Hall–Kier alpha value is -0.0200. The maximum Gasteiger partial charge on any atom is 0.131 e. The first-order chi connectivity index (χ1) is 5.16. The van der Waals surface area contributed by atoms with Crippen LogP contribution in [0.25, 0.3) is 0 Å². The second kappa shape index (κ2) is 6.68. The van der Waals surface area contributed by atoms with Crippen molar-refractivity contribution in [1.82, 2.24) is 4.90 Å². The number of thioether (sulfide) groups is 1. The van der Waals surface area contributed by atoms with E-state index in [2.05, 4.69) is 18.2 Å². The first-order valence-electron chi connectivity index (χ1n) is 3.83. The number of hydrogen-bond acceptors (Lipinski definition) is 3. The van der Waals surface area contributed by atoms with Gasteiger partial charge in [-0.1, -0.05) is 0 Å². The van der Waals surface area contributed by atoms with E-state index in [0.717, 1.165) is 18.8 Å². The lowest BCUT2D eigenvalue weighted by molar-refractivity contribution is -0.117. The Bertz CT molecular complexity index is 117. The SMILES string of the molecule is CSCCN(C)CCC(C)=O. The van der Waals surface area contributed by atoms with Crippen molar-refractivity contribution in [3.8, 4) is 0 Å². The van der Waals surface area contributed by atoms with E-state index in [1.165, 1.54) is 0 Å². The Balaban J connectivity index is 3.22. The van der Waals surface area contributed by atoms with Crippen LogP contribution in [0.4, 0.5) is 0 Å². The van der Waals surface area contributed by atoms with Crippen LogP contribution in [-0.4, -0.2) is 42.8 Å². The molecule has 0 rings (SSSR count). The molecule has 0 aromatic heterocycles. The van der Waals surface area contributed by atoms with E-state index in [1.54, 1.807) is 6.92 Å². The van der Waals surface area contributed by atoms with Gasteiger partial charge in [0, 0.05) is 25.3 Å². The second-order valence-corrected chi connectivity index (χ2v) is 3.73. The largest absolute Gasteiger partial charge is 0.305 e. The molecule has 66 valence electrons. The molecule has 0 heterocycles. The van der Waals surface area contributed by atoms with E-state index in [9.17, 15) is 4.79 Å². The Kier molecular flexibility index (Phi) is 6.66. The molecule has 0 spiro atoms. The topological polar surface area (TPSA) is 20.3 Å². The average Bonchev–Trinajstić information content (AvgIpc) is 1.97. The number of nitrogens with zero attached hydrogens (tertiary/aromatic N) is 1. The third kappa shape index (κ3) is 7.88. The molecule has 0 N–H and O–H groups in total. The van der Waals surface area contributed by atoms with Gasteiger partial charge < -0.3 is 4.90 Å². The molecular weight excluding hydrogens is 158 g/mol. The van der Waals surface area contributed by atoms with Gasteiger partial charge in [0.15, 0.2) is 0 Å². The fourth-order valence-electron chi connectivity index (χ4n) is 0.707. The summed E-state index contributed by atoms with van der Waals surface area (Å²) in [5.41, 5.74) is 0. The van der Waals surface area contributed by atoms with Gasteiger partial charge >= 0.3 is 0 Å². The minimum Gasteiger partial charge on any atom is -0.305 e. The summed E-state index contributed by atoms with van der Waals surface area (Å²) in [5, 5.41) is 0. The quantitative estimate of drug-likeness (QED) is 0.606. The Morgan fingerprint density at radius 1 is 1.45 bits per heavy atom. The summed E-state index contributed by atoms with van der Waals surface area (Å²) in [5.74, 6) is 1.43. The molecule has 0 aromatic carbocycles. The van der Waals surface area contributed by atoms with Gasteiger partial charge in [-0.05, 0) is 20.2 Å². The first kappa shape index (κ1) is 11.0. The minimum atomic E-state index is 0.279. The molecule has 0 radical (unpaired) electrons. The molecule has 0 aliphatic carbocycles. The summed E-state index contributed by atoms with van der Waals surface area (Å²) in [6.45, 7) is 3.62. The fraction of sp³-hybridized carbons (Fsp3) is 0.875. The normalized spacial score (nSPS) is 10.5. The van der Waals surface area contributed by atoms with Crippen LogP contribution in [0.2, 0.25) is 0 Å². The Morgan fingerprint density at radius 2 is 2.09 bits per heavy atom. The van der Waals surface area contributed by atoms with Crippen molar-refractivity contribution in [2.75, 3.05) is 32.1 Å². The van der Waals surface area contributed by atoms with E-state index in [4.69, 9.17) is 0 Å². The van der Waals surface area contributed by atoms with E-state index < -0.39 is 0 Å². The third-order valence-corrected chi connectivity index (χ3v) is 2.11. The van der Waals surface area contributed by atoms with Crippen LogP contribution in [-0.2, 0) is 4.79 Å². The van der Waals surface area contributed by atoms with Crippen molar-refractivity contribution in [2.24, 2.45) is 0 Å². The van der Waals surface area contributed by atoms with Crippen LogP contribution in [0.1, 0.15) is 13.3 Å². The van der Waals surface area contributed by atoms with Crippen LogP contribution >= 0.6 is 11.8 Å². The number of hydrogen-bond donors (Lipinski definition) is 0. The number of rotatable bonds is 6. The van der Waals surface area contributed by atoms with Gasteiger partial charge in [-0.25, -0.2) is 0 Å². The molecule has 0 fully saturated rings. The molecule has 0 bridgehead atoms. The molecule has 2 nitrogen and oxygen atoms in total. The monoisotopic (exact) mass is 175 g/mol. The second-order valence-electron chi connectivity index (χ2n) is 2.75. The standard InChI is InChI=1S/C8H17NOS/c1-8(10)4-5-9(2)6-7-11-3/h4-7H2,1-3H3. The molecule has 0 aliphatic heterocycles. The average molecular weight is 175 g/mol. The zero-order valence-electron chi connectivity index (χ0n) is 7.59. The van der Waals surface area contributed by atoms with Gasteiger partial charge in [-0.2, -0.15) is 11.8 Å². The summed E-state index contributed by atoms with van der Waals surface area (Å²) in [6.07, 6.45) is 2.78. The zero-order valence-corrected chi connectivity index (χ0v) is 8.41. The van der Waals surface area contributed by atoms with Crippen molar-refractivity contribution in [1.29, 1.82) is 0 Å². The molecule has 0 atom stereocenters. The zero-order chi connectivity index (χ0) is 8.69. The highest BCUT2D eigenvalue weighted by atomic mass is 32.2. The fourth-order valence-corrected chi connectivity index (χ4v) is 1.20. The highest BCUT2D eigenvalue weighted by Crippen LogP contribution is 1.94. The van der Waals surface area contributed by atoms with E-state index in [1.807, 2.05) is 11.8 Å². The molecule has 0 saturated heterocycles. The Labute approximate surface area is 73.3 Å². The lowest BCUT2D eigenvalue weighted by Crippen LogP contribution is -2.23. The summed E-state index contributed by atoms with van der Waals surface area (Å²) in [7, 11) is 2.05. The van der Waals surface area contributed by atoms with Crippen LogP contribution < -0.4 is 0 Å². The van der Waals surface area contributed by atoms with Gasteiger partial charge in [0.05, 0.1) is 0 Å². The van der Waals surface area contributed by atoms with Crippen molar-refractivity contribution in [2.45, 2.75) is 13.3 Å². The minimum absolute atomic E-state index is 0.279. The molecule has 0 aliphatic rings. The van der Waals surface area contributed by atoms with Crippen molar-refractivity contribution in [3.05, 3.63) is 0 Å². The van der Waals surface area contributed by atoms with Gasteiger partial charge in [-0.15, -0.1) is 0 Å². The summed E-state index contributed by atoms with van der Waals surface area (Å²) in [4.78, 5) is 12.8. The van der Waals surface area contributed by atoms with Gasteiger partial charge in [0.25, 0.3) is 0 Å². The molecule has 0 unspecified atom stereocenters. The Morgan fingerprint density at radius 3 is 2.55 bits per heavy atom. The summed E-state index contributed by atoms with van der Waals surface area (Å²) < 4.78 is 0. The van der Waals surface area contributed by atoms with Crippen molar-refractivity contribution < 1.29 is 4.79 Å². The van der Waals surface area contributed by atoms with E-state index >= 15 is 0 Å². The van der Waals surface area contributed by atoms with Gasteiger partial charge in [-0.3, -0.25) is 4.79 Å². The number of ketones is 1. The number of carbonyl (C=O) groups excluding carboxylic acids is 1. The van der Waals surface area contributed by atoms with Crippen LogP contribution in [0.5, 0.6) is 0 Å². The summed E-state index contributed by atoms with van der Waals surface area (Å²) >= 11 is 1.84. The maximum absolute atomic E-state index is 10.6. The molecule has 0 saturated carbocycles. The predicted octanol–water partition coefficient (Wildman–Crippen LogP) is 1.26. The highest BCUT2D eigenvalue weighted by molar-refractivity contribution is 7.98. The first-order valence-corrected chi connectivity index (χ1v) is 5.23. The van der Waals surface area contributed by atoms with Gasteiger partial charge in [0.2, 0.25) is 0 Å². The van der Waals surface area contributed by atoms with Crippen molar-refractivity contribution >= 4 is 17.5 Å². The molecular formula is C8H17NOS. The van der Waals surface area contributed by atoms with E-state index in [0.29, 0.717) is 6.42 Å². The number of Topliss-reactive ketones (excluding diaryl/α,β-unsaturated/α-hetero) is 1. The predicted molar refractivity (Wildman–Crippen MR) is 51.2 cm³/mol. The van der Waals surface area contributed by atoms with Crippen LogP contribution in [0.15, 0.2) is 0 Å². The lowest BCUT2D eigenvalue weighted by Gasteiger charge is -2.14. The van der Waals surface area contributed by atoms with Crippen LogP contribution in [0.3, 0.4) is 0 Å². The van der Waals surface area contributed by atoms with Crippen LogP contribution in [0, 0.1) is 0 Å². The molecule has 0 amide bonds. The summed E-state index contributed by atoms with van der Waals surface area (Å²) in [6, 6.07) is 0. The smallest absolute Gasteiger partial charge is 0.131 e. The van der Waals surface area contributed by atoms with Gasteiger partial charge in [0.1, 0.15) is 5.78 Å². The molecule has 3 heteroatoms. The number of carbonyl (C=O) groups is 1. The highest BCUT2D eigenvalue weighted by Gasteiger charge is 1.98. The lowest BCUT2D eigenvalue weighted by atomic mass is 10.3. The van der Waals surface area contributed by atoms with E-state index in [-0.39, 0.29) is 5.78 Å². The third-order valence-electron chi connectivity index (χ3n) is 1.52. The molecule has 11 heavy (non-hydrogen) atoms.